The van der Waals surface area contributed by atoms with Crippen LogP contribution in [0.2, 0.25) is 0 Å². The van der Waals surface area contributed by atoms with Crippen LogP contribution < -0.4 is 5.32 Å². The molecule has 0 aromatic carbocycles. The van der Waals surface area contributed by atoms with E-state index >= 15 is 0 Å². The van der Waals surface area contributed by atoms with Gasteiger partial charge in [0.05, 0.1) is 29.1 Å². The van der Waals surface area contributed by atoms with Crippen molar-refractivity contribution in [2.24, 2.45) is 7.05 Å². The third-order valence-corrected chi connectivity index (χ3v) is 4.58. The summed E-state index contributed by atoms with van der Waals surface area (Å²) in [4.78, 5) is 23.5. The Morgan fingerprint density at radius 2 is 1.97 bits per heavy atom. The smallest absolute Gasteiger partial charge is 0.433 e. The molecule has 0 bridgehead atoms. The molecule has 2 N–H and O–H groups in total. The first kappa shape index (κ1) is 22.5. The second-order valence-corrected chi connectivity index (χ2v) is 6.79. The lowest BCUT2D eigenvalue weighted by Gasteiger charge is -2.10. The van der Waals surface area contributed by atoms with Gasteiger partial charge in [0.1, 0.15) is 11.4 Å². The van der Waals surface area contributed by atoms with E-state index in [0.29, 0.717) is 33.4 Å². The number of anilines is 1. The second kappa shape index (κ2) is 9.12. The van der Waals surface area contributed by atoms with E-state index in [0.717, 1.165) is 12.3 Å². The lowest BCUT2D eigenvalue weighted by atomic mass is 10.3. The molecule has 158 valence electrons. The number of nitrogens with one attached hydrogen (secondary N) is 1. The fraction of sp³-hybridized carbons (Fsp3) is 0.333. The van der Waals surface area contributed by atoms with Crippen molar-refractivity contribution in [1.29, 1.82) is 0 Å². The highest BCUT2D eigenvalue weighted by molar-refractivity contribution is 7.99. The Labute approximate surface area is 170 Å². The Morgan fingerprint density at radius 1 is 1.28 bits per heavy atom. The van der Waals surface area contributed by atoms with Gasteiger partial charge in [-0.2, -0.15) is 13.2 Å². The fourth-order valence-electron chi connectivity index (χ4n) is 2.53. The van der Waals surface area contributed by atoms with Crippen LogP contribution in [0.25, 0.3) is 22.6 Å². The molecule has 0 aliphatic heterocycles. The van der Waals surface area contributed by atoms with Gasteiger partial charge in [-0.15, -0.1) is 11.8 Å². The third kappa shape index (κ3) is 4.97. The molecule has 3 aromatic heterocycles. The maximum Gasteiger partial charge on any atom is 0.433 e. The first-order valence-electron chi connectivity index (χ1n) is 8.73. The van der Waals surface area contributed by atoms with Crippen molar-refractivity contribution in [2.45, 2.75) is 31.8 Å². The minimum atomic E-state index is -4.56. The molecule has 0 saturated heterocycles. The monoisotopic (exact) mass is 429 g/mol. The normalized spacial score (nSPS) is 11.1. The van der Waals surface area contributed by atoms with Gasteiger partial charge in [-0.3, -0.25) is 5.32 Å². The molecule has 0 radical (unpaired) electrons. The molecule has 29 heavy (non-hydrogen) atoms. The molecule has 3 aromatic rings. The van der Waals surface area contributed by atoms with Crippen LogP contribution in [0.3, 0.4) is 0 Å². The van der Waals surface area contributed by atoms with Gasteiger partial charge < -0.3 is 9.67 Å². The van der Waals surface area contributed by atoms with E-state index in [1.54, 1.807) is 17.7 Å². The Morgan fingerprint density at radius 3 is 2.55 bits per heavy atom. The number of halogens is 3. The Kier molecular flexibility index (Phi) is 7.07. The molecule has 0 unspecified atom stereocenters. The van der Waals surface area contributed by atoms with Crippen molar-refractivity contribution in [3.8, 4) is 11.5 Å². The number of fused-ring (bicyclic) bond motifs is 1. The van der Waals surface area contributed by atoms with Gasteiger partial charge in [-0.1, -0.05) is 20.8 Å². The molecular weight excluding hydrogens is 407 g/mol. The summed E-state index contributed by atoms with van der Waals surface area (Å²) in [5.41, 5.74) is 0.306. The molecule has 7 nitrogen and oxygen atoms in total. The van der Waals surface area contributed by atoms with Crippen LogP contribution in [0.15, 0.2) is 29.4 Å². The number of aryl methyl sites for hydroxylation is 1. The van der Waals surface area contributed by atoms with E-state index in [1.165, 1.54) is 18.0 Å². The zero-order valence-corrected chi connectivity index (χ0v) is 17.0. The summed E-state index contributed by atoms with van der Waals surface area (Å²) in [6.45, 7) is 5.92. The number of nitrogens with zero attached hydrogens (tertiary/aromatic N) is 4. The summed E-state index contributed by atoms with van der Waals surface area (Å²) in [6.07, 6.45) is -3.31. The number of rotatable bonds is 4. The highest BCUT2D eigenvalue weighted by Gasteiger charge is 2.33. The van der Waals surface area contributed by atoms with E-state index < -0.39 is 18.0 Å². The van der Waals surface area contributed by atoms with Gasteiger partial charge in [-0.05, 0) is 17.9 Å². The summed E-state index contributed by atoms with van der Waals surface area (Å²) in [5, 5.41) is 11.1. The summed E-state index contributed by atoms with van der Waals surface area (Å²) in [7, 11) is 1.66. The van der Waals surface area contributed by atoms with Crippen molar-refractivity contribution in [1.82, 2.24) is 19.5 Å². The minimum Gasteiger partial charge on any atom is -0.465 e. The fourth-order valence-corrected chi connectivity index (χ4v) is 3.33. The van der Waals surface area contributed by atoms with Crippen LogP contribution in [0.5, 0.6) is 0 Å². The Bertz CT molecular complexity index is 1030. The number of hydrogen-bond donors (Lipinski definition) is 2. The number of thioether (sulfide) groups is 1. The van der Waals surface area contributed by atoms with Crippen LogP contribution in [0, 0.1) is 0 Å². The highest BCUT2D eigenvalue weighted by Crippen LogP contribution is 2.34. The number of pyridine rings is 2. The number of aromatic nitrogens is 4. The standard InChI is InChI=1S/C16H14F3N5O2S.C2H6.H2/c1-3-27-11-4-8(22-15(25)26)6-21-13(11)14-23-9-5-12(16(17,18)19)20-7-10(9)24(14)2;1-2;/h4-7,22H,3H2,1-2H3,(H,25,26);1-2H3;1H. The van der Waals surface area contributed by atoms with Crippen LogP contribution in [0.1, 0.15) is 27.9 Å². The van der Waals surface area contributed by atoms with E-state index in [2.05, 4.69) is 20.3 Å². The SMILES string of the molecule is CC.CCSc1cc(NC(=O)O)cnc1-c1nc2cc(C(F)(F)F)ncc2n1C.[HH]. The molecule has 3 rings (SSSR count). The molecule has 0 aliphatic rings. The Hall–Kier alpha value is -2.82. The molecule has 0 saturated carbocycles. The van der Waals surface area contributed by atoms with Crippen LogP contribution >= 0.6 is 11.8 Å². The van der Waals surface area contributed by atoms with E-state index in [9.17, 15) is 18.0 Å². The summed E-state index contributed by atoms with van der Waals surface area (Å²) in [6, 6.07) is 2.51. The van der Waals surface area contributed by atoms with Gasteiger partial charge in [0, 0.05) is 13.4 Å². The van der Waals surface area contributed by atoms with E-state index in [4.69, 9.17) is 5.11 Å². The third-order valence-electron chi connectivity index (χ3n) is 3.67. The predicted octanol–water partition coefficient (Wildman–Crippen LogP) is 5.52. The molecule has 0 atom stereocenters. The van der Waals surface area contributed by atoms with Gasteiger partial charge in [0.25, 0.3) is 0 Å². The number of carbonyl (C=O) groups is 1. The predicted molar refractivity (Wildman–Crippen MR) is 108 cm³/mol. The molecule has 0 spiro atoms. The first-order valence-corrected chi connectivity index (χ1v) is 9.72. The zero-order valence-electron chi connectivity index (χ0n) is 16.2. The number of carboxylic acid groups (broad SMARTS) is 1. The van der Waals surface area contributed by atoms with Crippen LogP contribution in [-0.4, -0.2) is 36.5 Å². The van der Waals surface area contributed by atoms with Gasteiger partial charge >= 0.3 is 12.3 Å². The molecule has 1 amide bonds. The quantitative estimate of drug-likeness (QED) is 0.530. The maximum absolute atomic E-state index is 12.9. The van der Waals surface area contributed by atoms with Crippen molar-refractivity contribution >= 4 is 34.6 Å². The van der Waals surface area contributed by atoms with Gasteiger partial charge in [0.15, 0.2) is 5.82 Å². The average molecular weight is 429 g/mol. The highest BCUT2D eigenvalue weighted by atomic mass is 32.2. The molecule has 11 heteroatoms. The van der Waals surface area contributed by atoms with Crippen molar-refractivity contribution in [2.75, 3.05) is 11.1 Å². The molecule has 0 fully saturated rings. The zero-order chi connectivity index (χ0) is 21.8. The number of alkyl halides is 3. The first-order chi connectivity index (χ1) is 13.7. The average Bonchev–Trinajstić information content (AvgIpc) is 2.99. The van der Waals surface area contributed by atoms with E-state index in [-0.39, 0.29) is 6.94 Å². The van der Waals surface area contributed by atoms with Crippen LogP contribution in [0.4, 0.5) is 23.7 Å². The van der Waals surface area contributed by atoms with Crippen molar-refractivity contribution in [3.05, 3.63) is 30.2 Å². The summed E-state index contributed by atoms with van der Waals surface area (Å²) < 4.78 is 40.3. The number of amides is 1. The summed E-state index contributed by atoms with van der Waals surface area (Å²) >= 11 is 1.42. The number of imidazole rings is 1. The van der Waals surface area contributed by atoms with Crippen LogP contribution in [-0.2, 0) is 13.2 Å². The van der Waals surface area contributed by atoms with Crippen molar-refractivity contribution in [3.63, 3.8) is 0 Å². The largest absolute Gasteiger partial charge is 0.465 e. The number of hydrogen-bond acceptors (Lipinski definition) is 5. The Balaban J connectivity index is 0.00000146. The maximum atomic E-state index is 12.9. The van der Waals surface area contributed by atoms with Gasteiger partial charge in [0.2, 0.25) is 0 Å². The molecular formula is C18H22F3N5O2S. The summed E-state index contributed by atoms with van der Waals surface area (Å²) in [5.74, 6) is 1.05. The van der Waals surface area contributed by atoms with E-state index in [1.807, 2.05) is 20.8 Å². The topological polar surface area (TPSA) is 92.9 Å². The molecule has 3 heterocycles. The van der Waals surface area contributed by atoms with Crippen molar-refractivity contribution < 1.29 is 24.5 Å². The van der Waals surface area contributed by atoms with Gasteiger partial charge in [-0.25, -0.2) is 19.7 Å². The lowest BCUT2D eigenvalue weighted by molar-refractivity contribution is -0.141. The minimum absolute atomic E-state index is 0. The lowest BCUT2D eigenvalue weighted by Crippen LogP contribution is -2.08. The molecule has 0 aliphatic carbocycles. The second-order valence-electron chi connectivity index (χ2n) is 5.48.